The number of nitrogens with one attached hydrogen (secondary N) is 1. The van der Waals surface area contributed by atoms with Gasteiger partial charge in [-0.15, -0.1) is 0 Å². The Balaban J connectivity index is 2.39. The number of carbonyl (C=O) groups excluding carboxylic acids is 1. The Kier molecular flexibility index (Phi) is 39.8. The molecule has 1 rings (SSSR count). The molecule has 1 heterocycles. The molecule has 0 aromatic heterocycles. The molecule has 0 aromatic rings. The molecule has 1 fully saturated rings. The quantitative estimate of drug-likeness (QED) is 0.0264. The van der Waals surface area contributed by atoms with Gasteiger partial charge >= 0.3 is 0 Å². The van der Waals surface area contributed by atoms with E-state index < -0.39 is 49.5 Å². The highest BCUT2D eigenvalue weighted by Crippen LogP contribution is 2.22. The minimum absolute atomic E-state index is 0.228. The number of carbonyl (C=O) groups is 1. The zero-order valence-corrected chi connectivity index (χ0v) is 39.7. The van der Waals surface area contributed by atoms with Crippen LogP contribution in [0.25, 0.3) is 0 Å². The normalized spacial score (nSPS) is 21.1. The van der Waals surface area contributed by atoms with E-state index in [0.717, 1.165) is 89.9 Å². The molecule has 0 aliphatic carbocycles. The van der Waals surface area contributed by atoms with Crippen LogP contribution in [0.4, 0.5) is 0 Å². The molecule has 362 valence electrons. The molecule has 1 amide bonds. The molecule has 0 radical (unpaired) electrons. The van der Waals surface area contributed by atoms with Crippen LogP contribution < -0.4 is 5.32 Å². The number of aliphatic hydroxyl groups excluding tert-OH is 5. The molecule has 1 aliphatic heterocycles. The first-order chi connectivity index (χ1) is 31.3. The lowest BCUT2D eigenvalue weighted by molar-refractivity contribution is -0.302. The summed E-state index contributed by atoms with van der Waals surface area (Å²) < 4.78 is 11.2. The molecular formula is C55H89NO8. The molecule has 7 atom stereocenters. The monoisotopic (exact) mass is 892 g/mol. The fourth-order valence-corrected chi connectivity index (χ4v) is 6.81. The second kappa shape index (κ2) is 43.5. The van der Waals surface area contributed by atoms with E-state index >= 15 is 0 Å². The van der Waals surface area contributed by atoms with E-state index in [0.29, 0.717) is 12.8 Å². The van der Waals surface area contributed by atoms with Crippen LogP contribution in [0.3, 0.4) is 0 Å². The van der Waals surface area contributed by atoms with Gasteiger partial charge in [-0.2, -0.15) is 0 Å². The number of allylic oxidation sites excluding steroid dienone is 19. The SMILES string of the molecule is CC/C=C\C/C=C\C/C=C\C/C=C\C/C=C\C/C=C\C/C=C\CCCCCC(=O)NC(COC1OC(CO)C(O)C(O)C1O)C(O)/C=C/CC/C=C/CC/C=C/CCCCCCCC. The van der Waals surface area contributed by atoms with E-state index in [1.54, 1.807) is 6.08 Å². The second-order valence-corrected chi connectivity index (χ2v) is 16.5. The summed E-state index contributed by atoms with van der Waals surface area (Å²) in [6, 6.07) is -0.855. The second-order valence-electron chi connectivity index (χ2n) is 16.5. The van der Waals surface area contributed by atoms with Crippen molar-refractivity contribution in [2.24, 2.45) is 0 Å². The molecule has 0 saturated carbocycles. The number of hydrogen-bond donors (Lipinski definition) is 6. The third kappa shape index (κ3) is 33.1. The van der Waals surface area contributed by atoms with E-state index in [1.165, 1.54) is 38.5 Å². The van der Waals surface area contributed by atoms with Crippen molar-refractivity contribution >= 4 is 5.91 Å². The van der Waals surface area contributed by atoms with Crippen molar-refractivity contribution in [3.63, 3.8) is 0 Å². The Hall–Kier alpha value is -3.41. The summed E-state index contributed by atoms with van der Waals surface area (Å²) in [6.07, 6.45) is 58.1. The van der Waals surface area contributed by atoms with Gasteiger partial charge in [0.2, 0.25) is 5.91 Å². The number of rotatable bonds is 39. The Morgan fingerprint density at radius 2 is 0.984 bits per heavy atom. The van der Waals surface area contributed by atoms with Gasteiger partial charge < -0.3 is 40.3 Å². The van der Waals surface area contributed by atoms with E-state index in [-0.39, 0.29) is 18.9 Å². The predicted octanol–water partition coefficient (Wildman–Crippen LogP) is 11.2. The van der Waals surface area contributed by atoms with Crippen LogP contribution in [-0.2, 0) is 14.3 Å². The van der Waals surface area contributed by atoms with Crippen molar-refractivity contribution in [3.05, 3.63) is 122 Å². The summed E-state index contributed by atoms with van der Waals surface area (Å²) >= 11 is 0. The fraction of sp³-hybridized carbons (Fsp3) is 0.618. The smallest absolute Gasteiger partial charge is 0.220 e. The summed E-state index contributed by atoms with van der Waals surface area (Å²) in [5.74, 6) is -0.230. The van der Waals surface area contributed by atoms with Crippen molar-refractivity contribution in [3.8, 4) is 0 Å². The molecule has 6 N–H and O–H groups in total. The number of unbranched alkanes of at least 4 members (excludes halogenated alkanes) is 11. The maximum Gasteiger partial charge on any atom is 0.220 e. The Morgan fingerprint density at radius 3 is 1.50 bits per heavy atom. The van der Waals surface area contributed by atoms with Gasteiger partial charge in [-0.3, -0.25) is 4.79 Å². The van der Waals surface area contributed by atoms with Gasteiger partial charge in [0.1, 0.15) is 24.4 Å². The molecule has 7 unspecified atom stereocenters. The van der Waals surface area contributed by atoms with Crippen molar-refractivity contribution in [2.45, 2.75) is 204 Å². The van der Waals surface area contributed by atoms with Crippen LogP contribution in [0.5, 0.6) is 0 Å². The highest BCUT2D eigenvalue weighted by atomic mass is 16.7. The summed E-state index contributed by atoms with van der Waals surface area (Å²) in [5.41, 5.74) is 0. The number of hydrogen-bond acceptors (Lipinski definition) is 8. The first kappa shape index (κ1) is 58.6. The molecule has 0 bridgehead atoms. The van der Waals surface area contributed by atoms with Crippen LogP contribution in [-0.4, -0.2) is 87.5 Å². The fourth-order valence-electron chi connectivity index (χ4n) is 6.81. The summed E-state index contributed by atoms with van der Waals surface area (Å²) in [5, 5.41) is 54.2. The summed E-state index contributed by atoms with van der Waals surface area (Å²) in [7, 11) is 0. The van der Waals surface area contributed by atoms with E-state index in [9.17, 15) is 30.3 Å². The Labute approximate surface area is 388 Å². The molecule has 64 heavy (non-hydrogen) atoms. The minimum atomic E-state index is -1.59. The van der Waals surface area contributed by atoms with Crippen LogP contribution in [0, 0.1) is 0 Å². The average Bonchev–Trinajstić information content (AvgIpc) is 3.29. The number of ether oxygens (including phenoxy) is 2. The van der Waals surface area contributed by atoms with E-state index in [4.69, 9.17) is 9.47 Å². The molecular weight excluding hydrogens is 803 g/mol. The van der Waals surface area contributed by atoms with Crippen LogP contribution in [0.2, 0.25) is 0 Å². The van der Waals surface area contributed by atoms with Gasteiger partial charge in [0.15, 0.2) is 6.29 Å². The summed E-state index contributed by atoms with van der Waals surface area (Å²) in [4.78, 5) is 13.0. The molecule has 9 heteroatoms. The number of amides is 1. The first-order valence-electron chi connectivity index (χ1n) is 24.8. The molecule has 0 spiro atoms. The van der Waals surface area contributed by atoms with Gasteiger partial charge in [-0.1, -0.05) is 174 Å². The maximum atomic E-state index is 13.0. The molecule has 1 saturated heterocycles. The third-order valence-electron chi connectivity index (χ3n) is 10.7. The number of aliphatic hydroxyl groups is 5. The third-order valence-corrected chi connectivity index (χ3v) is 10.7. The Morgan fingerprint density at radius 1 is 0.547 bits per heavy atom. The molecule has 0 aromatic carbocycles. The van der Waals surface area contributed by atoms with Crippen LogP contribution in [0.15, 0.2) is 122 Å². The van der Waals surface area contributed by atoms with Crippen LogP contribution in [0.1, 0.15) is 162 Å². The largest absolute Gasteiger partial charge is 0.394 e. The van der Waals surface area contributed by atoms with Gasteiger partial charge in [0, 0.05) is 6.42 Å². The van der Waals surface area contributed by atoms with Gasteiger partial charge in [-0.25, -0.2) is 0 Å². The van der Waals surface area contributed by atoms with Crippen molar-refractivity contribution in [1.82, 2.24) is 5.32 Å². The van der Waals surface area contributed by atoms with Gasteiger partial charge in [0.05, 0.1) is 25.4 Å². The van der Waals surface area contributed by atoms with Gasteiger partial charge in [-0.05, 0) is 103 Å². The average molecular weight is 892 g/mol. The predicted molar refractivity (Wildman–Crippen MR) is 267 cm³/mol. The van der Waals surface area contributed by atoms with Crippen molar-refractivity contribution in [2.75, 3.05) is 13.2 Å². The highest BCUT2D eigenvalue weighted by Gasteiger charge is 2.44. The van der Waals surface area contributed by atoms with E-state index in [2.05, 4.69) is 129 Å². The zero-order chi connectivity index (χ0) is 46.6. The van der Waals surface area contributed by atoms with Crippen LogP contribution >= 0.6 is 0 Å². The lowest BCUT2D eigenvalue weighted by atomic mass is 9.99. The Bertz CT molecular complexity index is 1410. The maximum absolute atomic E-state index is 13.0. The first-order valence-corrected chi connectivity index (χ1v) is 24.8. The van der Waals surface area contributed by atoms with Crippen molar-refractivity contribution < 1.29 is 39.8 Å². The molecule has 9 nitrogen and oxygen atoms in total. The highest BCUT2D eigenvalue weighted by molar-refractivity contribution is 5.76. The summed E-state index contributed by atoms with van der Waals surface area (Å²) in [6.45, 7) is 3.58. The zero-order valence-electron chi connectivity index (χ0n) is 39.7. The van der Waals surface area contributed by atoms with Crippen molar-refractivity contribution in [1.29, 1.82) is 0 Å². The van der Waals surface area contributed by atoms with Gasteiger partial charge in [0.25, 0.3) is 0 Å². The standard InChI is InChI=1S/C55H89NO8/c1-3-5-7-9-11-13-15-17-19-21-22-23-24-25-26-27-28-29-31-33-35-37-39-41-43-45-51(59)56-48(47-63-55-54(62)53(61)52(60)50(46-57)64-55)49(58)44-42-40-38-36-34-32-30-20-18-16-14-12-10-8-6-4-2/h5,7,11,13,17-20,22-23,25-26,28-29,33-36,42,44,48-50,52-55,57-58,60-62H,3-4,6,8-10,12,14-16,21,24,27,30-32,37-41,43,45-47H2,1-2H3,(H,56,59)/b7-5-,13-11-,19-17-,20-18+,23-22-,26-25-,29-28-,35-33-,36-34+,44-42+. The lowest BCUT2D eigenvalue weighted by Gasteiger charge is -2.40. The molecule has 1 aliphatic rings. The lowest BCUT2D eigenvalue weighted by Crippen LogP contribution is -2.60. The van der Waals surface area contributed by atoms with E-state index in [1.807, 2.05) is 6.08 Å². The topological polar surface area (TPSA) is 149 Å². The minimum Gasteiger partial charge on any atom is -0.394 e.